The third-order valence-corrected chi connectivity index (χ3v) is 7.75. The van der Waals surface area contributed by atoms with Crippen LogP contribution in [0.4, 0.5) is 4.39 Å². The number of benzene rings is 3. The van der Waals surface area contributed by atoms with Gasteiger partial charge in [-0.05, 0) is 54.3 Å². The molecule has 2 fully saturated rings. The fourth-order valence-electron chi connectivity index (χ4n) is 5.45. The number of halogens is 1. The molecule has 0 bridgehead atoms. The number of methoxy groups -OCH3 is 1. The van der Waals surface area contributed by atoms with E-state index in [0.29, 0.717) is 42.6 Å². The number of ether oxygens (including phenoxy) is 1. The number of nitrogens with zero attached hydrogens (tertiary/aromatic N) is 3. The fraction of sp³-hybridized carbons (Fsp3) is 0.323. The predicted octanol–water partition coefficient (Wildman–Crippen LogP) is 4.40. The first-order valence-electron chi connectivity index (χ1n) is 13.4. The van der Waals surface area contributed by atoms with Crippen molar-refractivity contribution in [2.45, 2.75) is 31.8 Å². The number of H-pyrrole nitrogens is 1. The van der Waals surface area contributed by atoms with E-state index < -0.39 is 5.82 Å². The topological polar surface area (TPSA) is 78.5 Å². The number of nitrogens with one attached hydrogen (secondary N) is 1. The van der Waals surface area contributed by atoms with Crippen LogP contribution in [0.5, 0.6) is 5.75 Å². The Kier molecular flexibility index (Phi) is 6.87. The van der Waals surface area contributed by atoms with Gasteiger partial charge in [0.2, 0.25) is 0 Å². The lowest BCUT2D eigenvalue weighted by molar-refractivity contribution is 0.0391. The Balaban J connectivity index is 1.10. The number of hydrogen-bond acceptors (Lipinski definition) is 5. The normalized spacial score (nSPS) is 15.5. The van der Waals surface area contributed by atoms with E-state index in [2.05, 4.69) is 27.2 Å². The van der Waals surface area contributed by atoms with E-state index in [0.717, 1.165) is 29.8 Å². The molecular weight excluding hydrogens is 495 g/mol. The fourth-order valence-corrected chi connectivity index (χ4v) is 5.45. The number of fused-ring (bicyclic) bond motifs is 1. The number of aromatic nitrogens is 2. The molecule has 200 valence electrons. The number of carbonyl (C=O) groups is 1. The maximum absolute atomic E-state index is 14.8. The van der Waals surface area contributed by atoms with Gasteiger partial charge in [-0.1, -0.05) is 36.4 Å². The van der Waals surface area contributed by atoms with Gasteiger partial charge in [0.25, 0.3) is 11.5 Å². The molecule has 4 aromatic rings. The summed E-state index contributed by atoms with van der Waals surface area (Å²) in [4.78, 5) is 29.6. The van der Waals surface area contributed by atoms with Crippen molar-refractivity contribution in [3.63, 3.8) is 0 Å². The average Bonchev–Trinajstić information content (AvgIpc) is 3.78. The summed E-state index contributed by atoms with van der Waals surface area (Å²) in [5.41, 5.74) is 2.52. The minimum Gasteiger partial charge on any atom is -0.497 e. The molecule has 1 aliphatic carbocycles. The molecule has 2 heterocycles. The van der Waals surface area contributed by atoms with Gasteiger partial charge in [0, 0.05) is 49.9 Å². The highest BCUT2D eigenvalue weighted by molar-refractivity contribution is 5.95. The summed E-state index contributed by atoms with van der Waals surface area (Å²) in [6, 6.07) is 20.7. The molecule has 1 saturated heterocycles. The van der Waals surface area contributed by atoms with Crippen LogP contribution in [0.1, 0.15) is 40.0 Å². The lowest BCUT2D eigenvalue weighted by Gasteiger charge is -2.42. The molecule has 1 N–H and O–H groups in total. The molecule has 0 unspecified atom stereocenters. The first kappa shape index (κ1) is 25.2. The summed E-state index contributed by atoms with van der Waals surface area (Å²) in [6.07, 6.45) is 2.80. The second-order valence-corrected chi connectivity index (χ2v) is 10.6. The van der Waals surface area contributed by atoms with Gasteiger partial charge in [0.1, 0.15) is 11.6 Å². The Labute approximate surface area is 226 Å². The van der Waals surface area contributed by atoms with E-state index in [1.807, 2.05) is 24.3 Å². The van der Waals surface area contributed by atoms with Crippen LogP contribution >= 0.6 is 0 Å². The molecule has 0 radical (unpaired) electrons. The van der Waals surface area contributed by atoms with Gasteiger partial charge >= 0.3 is 0 Å². The monoisotopic (exact) mass is 526 g/mol. The first-order chi connectivity index (χ1) is 19.0. The van der Waals surface area contributed by atoms with Gasteiger partial charge in [-0.15, -0.1) is 0 Å². The zero-order valence-electron chi connectivity index (χ0n) is 21.9. The van der Waals surface area contributed by atoms with Crippen LogP contribution < -0.4 is 10.3 Å². The largest absolute Gasteiger partial charge is 0.497 e. The van der Waals surface area contributed by atoms with Crippen molar-refractivity contribution in [1.29, 1.82) is 0 Å². The summed E-state index contributed by atoms with van der Waals surface area (Å²) in [6.45, 7) is 3.05. The molecule has 1 aromatic heterocycles. The van der Waals surface area contributed by atoms with Crippen molar-refractivity contribution in [2.24, 2.45) is 5.92 Å². The van der Waals surface area contributed by atoms with Crippen LogP contribution in [0.25, 0.3) is 10.8 Å². The van der Waals surface area contributed by atoms with Gasteiger partial charge in [0.15, 0.2) is 0 Å². The molecule has 6 rings (SSSR count). The highest BCUT2D eigenvalue weighted by Gasteiger charge is 2.37. The number of aromatic amines is 1. The summed E-state index contributed by atoms with van der Waals surface area (Å²) < 4.78 is 20.0. The van der Waals surface area contributed by atoms with Crippen molar-refractivity contribution >= 4 is 16.7 Å². The van der Waals surface area contributed by atoms with Gasteiger partial charge in [0.05, 0.1) is 23.8 Å². The molecule has 2 aliphatic rings. The van der Waals surface area contributed by atoms with Crippen LogP contribution in [0.15, 0.2) is 71.5 Å². The molecule has 39 heavy (non-hydrogen) atoms. The van der Waals surface area contributed by atoms with E-state index in [1.165, 1.54) is 24.5 Å². The molecule has 1 amide bonds. The third kappa shape index (κ3) is 5.43. The third-order valence-electron chi connectivity index (χ3n) is 7.75. The highest BCUT2D eigenvalue weighted by atomic mass is 19.1. The number of carbonyl (C=O) groups excluding carboxylic acids is 1. The van der Waals surface area contributed by atoms with Crippen LogP contribution in [0.2, 0.25) is 0 Å². The summed E-state index contributed by atoms with van der Waals surface area (Å²) in [5, 5.41) is 8.06. The minimum atomic E-state index is -0.523. The lowest BCUT2D eigenvalue weighted by Crippen LogP contribution is -2.54. The summed E-state index contributed by atoms with van der Waals surface area (Å²) in [5.74, 6) is 0.420. The van der Waals surface area contributed by atoms with Gasteiger partial charge < -0.3 is 9.64 Å². The van der Waals surface area contributed by atoms with E-state index in [-0.39, 0.29) is 17.0 Å². The molecule has 8 heteroatoms. The second kappa shape index (κ2) is 10.6. The SMILES string of the molecule is COc1ccc(CN(CC2CN(C(=O)c3cc(Cc4n[nH]c(=O)c5ccccc45)ccc3F)C2)C2CC2)cc1. The molecule has 7 nitrogen and oxygen atoms in total. The lowest BCUT2D eigenvalue weighted by atomic mass is 9.96. The molecular formula is C31H31FN4O3. The van der Waals surface area contributed by atoms with Crippen molar-refractivity contribution < 1.29 is 13.9 Å². The molecule has 0 atom stereocenters. The zero-order chi connectivity index (χ0) is 26.9. The Bertz CT molecular complexity index is 1560. The quantitative estimate of drug-likeness (QED) is 0.350. The zero-order valence-corrected chi connectivity index (χ0v) is 21.9. The Morgan fingerprint density at radius 1 is 1.05 bits per heavy atom. The Morgan fingerprint density at radius 2 is 1.77 bits per heavy atom. The van der Waals surface area contributed by atoms with E-state index in [4.69, 9.17) is 4.74 Å². The summed E-state index contributed by atoms with van der Waals surface area (Å²) >= 11 is 0. The van der Waals surface area contributed by atoms with Gasteiger partial charge in [-0.3, -0.25) is 14.5 Å². The van der Waals surface area contributed by atoms with Gasteiger partial charge in [-0.2, -0.15) is 5.10 Å². The van der Waals surface area contributed by atoms with Crippen molar-refractivity contribution in [2.75, 3.05) is 26.7 Å². The van der Waals surface area contributed by atoms with E-state index in [1.54, 1.807) is 36.3 Å². The standard InChI is InChI=1S/C31H31FN4O3/c1-39-24-11-6-20(7-12-24)16-35(23-9-10-23)17-22-18-36(19-22)31(38)27-14-21(8-13-28(27)32)15-29-25-4-2-3-5-26(25)30(37)34-33-29/h2-8,11-14,22-23H,9-10,15-19H2,1H3,(H,34,37). The molecule has 3 aromatic carbocycles. The van der Waals surface area contributed by atoms with E-state index in [9.17, 15) is 14.0 Å². The van der Waals surface area contributed by atoms with Crippen molar-refractivity contribution in [1.82, 2.24) is 20.0 Å². The first-order valence-corrected chi connectivity index (χ1v) is 13.4. The second-order valence-electron chi connectivity index (χ2n) is 10.6. The maximum Gasteiger partial charge on any atom is 0.272 e. The molecule has 1 aliphatic heterocycles. The summed E-state index contributed by atoms with van der Waals surface area (Å²) in [7, 11) is 1.67. The Hall–Kier alpha value is -4.04. The highest BCUT2D eigenvalue weighted by Crippen LogP contribution is 2.31. The van der Waals surface area contributed by atoms with Crippen LogP contribution in [0, 0.1) is 11.7 Å². The van der Waals surface area contributed by atoms with Gasteiger partial charge in [-0.25, -0.2) is 9.49 Å². The minimum absolute atomic E-state index is 0.0805. The predicted molar refractivity (Wildman–Crippen MR) is 147 cm³/mol. The molecule has 0 spiro atoms. The number of amides is 1. The number of rotatable bonds is 9. The van der Waals surface area contributed by atoms with Crippen molar-refractivity contribution in [3.05, 3.63) is 105 Å². The van der Waals surface area contributed by atoms with E-state index >= 15 is 0 Å². The number of hydrogen-bond donors (Lipinski definition) is 1. The van der Waals surface area contributed by atoms with Crippen LogP contribution in [0.3, 0.4) is 0 Å². The Morgan fingerprint density at radius 3 is 2.49 bits per heavy atom. The maximum atomic E-state index is 14.8. The van der Waals surface area contributed by atoms with Crippen molar-refractivity contribution in [3.8, 4) is 5.75 Å². The van der Waals surface area contributed by atoms with Crippen LogP contribution in [-0.2, 0) is 13.0 Å². The van der Waals surface area contributed by atoms with Crippen LogP contribution in [-0.4, -0.2) is 58.7 Å². The average molecular weight is 527 g/mol. The smallest absolute Gasteiger partial charge is 0.272 e. The number of likely N-dealkylation sites (tertiary alicyclic amines) is 1. The molecule has 1 saturated carbocycles.